The summed E-state index contributed by atoms with van der Waals surface area (Å²) in [5.41, 5.74) is 4.23. The highest BCUT2D eigenvalue weighted by molar-refractivity contribution is 5.87. The van der Waals surface area contributed by atoms with Crippen LogP contribution < -0.4 is 0 Å². The number of aryl methyl sites for hydroxylation is 1. The molecule has 2 nitrogen and oxygen atoms in total. The summed E-state index contributed by atoms with van der Waals surface area (Å²) in [5.74, 6) is 8.76. The van der Waals surface area contributed by atoms with E-state index in [1.807, 2.05) is 36.4 Å². The van der Waals surface area contributed by atoms with Crippen molar-refractivity contribution < 1.29 is 9.90 Å². The van der Waals surface area contributed by atoms with Gasteiger partial charge >= 0.3 is 0 Å². The van der Waals surface area contributed by atoms with E-state index in [-0.39, 0.29) is 11.2 Å². The minimum Gasteiger partial charge on any atom is -0.507 e. The van der Waals surface area contributed by atoms with Crippen LogP contribution >= 0.6 is 0 Å². The summed E-state index contributed by atoms with van der Waals surface area (Å²) < 4.78 is 0. The zero-order valence-corrected chi connectivity index (χ0v) is 16.4. The highest BCUT2D eigenvalue weighted by atomic mass is 16.3. The number of aromatic hydroxyl groups is 1. The Hall–Kier alpha value is -2.53. The first-order valence-electron chi connectivity index (χ1n) is 10.5. The van der Waals surface area contributed by atoms with Gasteiger partial charge in [0.2, 0.25) is 0 Å². The van der Waals surface area contributed by atoms with Crippen LogP contribution in [-0.2, 0) is 11.2 Å². The maximum absolute atomic E-state index is 12.5. The van der Waals surface area contributed by atoms with E-state index < -0.39 is 0 Å². The van der Waals surface area contributed by atoms with Crippen molar-refractivity contribution in [3.8, 4) is 17.6 Å². The molecule has 0 saturated heterocycles. The Kier molecular flexibility index (Phi) is 4.09. The van der Waals surface area contributed by atoms with Gasteiger partial charge in [-0.15, -0.1) is 0 Å². The van der Waals surface area contributed by atoms with Gasteiger partial charge in [-0.3, -0.25) is 4.79 Å². The summed E-state index contributed by atoms with van der Waals surface area (Å²) >= 11 is 0. The normalized spacial score (nSPS) is 30.6. The molecule has 0 radical (unpaired) electrons. The Labute approximate surface area is 167 Å². The molecule has 0 unspecified atom stereocenters. The minimum absolute atomic E-state index is 0.0917. The summed E-state index contributed by atoms with van der Waals surface area (Å²) in [7, 11) is 0. The lowest BCUT2D eigenvalue weighted by Gasteiger charge is -2.48. The van der Waals surface area contributed by atoms with Crippen LogP contribution in [0.4, 0.5) is 0 Å². The molecular formula is C26H26O2. The van der Waals surface area contributed by atoms with Crippen LogP contribution in [0.15, 0.2) is 42.5 Å². The van der Waals surface area contributed by atoms with Crippen LogP contribution in [0.1, 0.15) is 67.2 Å². The van der Waals surface area contributed by atoms with Gasteiger partial charge in [0.15, 0.2) is 0 Å². The lowest BCUT2D eigenvalue weighted by atomic mass is 9.55. The van der Waals surface area contributed by atoms with Crippen LogP contribution in [0, 0.1) is 29.1 Å². The van der Waals surface area contributed by atoms with Gasteiger partial charge in [0.1, 0.15) is 11.5 Å². The largest absolute Gasteiger partial charge is 0.507 e. The number of phenols is 1. The molecule has 5 rings (SSSR count). The highest BCUT2D eigenvalue weighted by Gasteiger charge is 2.54. The van der Waals surface area contributed by atoms with E-state index in [2.05, 4.69) is 24.8 Å². The molecule has 142 valence electrons. The summed E-state index contributed by atoms with van der Waals surface area (Å²) in [4.78, 5) is 12.5. The number of carbonyl (C=O) groups excluding carboxylic acids is 1. The minimum atomic E-state index is -0.0917. The maximum Gasteiger partial charge on any atom is 0.139 e. The fourth-order valence-corrected chi connectivity index (χ4v) is 6.14. The topological polar surface area (TPSA) is 37.3 Å². The molecule has 2 fully saturated rings. The number of Topliss-reactive ketones (excluding diaryl/α,β-unsaturated/α-hetero) is 1. The molecule has 28 heavy (non-hydrogen) atoms. The van der Waals surface area contributed by atoms with Crippen molar-refractivity contribution in [2.24, 2.45) is 17.3 Å². The first-order valence-corrected chi connectivity index (χ1v) is 10.5. The standard InChI is InChI=1S/C26H26O2/c1-26-14-13-20-21(23(26)11-12-25(26)28)10-9-18-16-24(27)19(15-22(18)20)8-7-17-5-3-2-4-6-17/h2-6,15-16,20-21,23,27H,9-14H2,1H3/t20-,21+,23-,26+/m0/s1. The molecule has 0 amide bonds. The number of rotatable bonds is 0. The van der Waals surface area contributed by atoms with Gasteiger partial charge in [-0.25, -0.2) is 0 Å². The second-order valence-electron chi connectivity index (χ2n) is 9.02. The average molecular weight is 370 g/mol. The summed E-state index contributed by atoms with van der Waals surface area (Å²) in [5, 5.41) is 10.5. The molecule has 2 aromatic carbocycles. The van der Waals surface area contributed by atoms with Crippen molar-refractivity contribution in [1.82, 2.24) is 0 Å². The fraction of sp³-hybridized carbons (Fsp3) is 0.423. The van der Waals surface area contributed by atoms with E-state index in [4.69, 9.17) is 0 Å². The number of phenolic OH excluding ortho intramolecular Hbond substituents is 1. The third-order valence-electron chi connectivity index (χ3n) is 7.67. The fourth-order valence-electron chi connectivity index (χ4n) is 6.14. The van der Waals surface area contributed by atoms with E-state index in [9.17, 15) is 9.90 Å². The Morgan fingerprint density at radius 1 is 1.04 bits per heavy atom. The number of ketones is 1. The van der Waals surface area contributed by atoms with Gasteiger partial charge in [-0.05, 0) is 85.3 Å². The second-order valence-corrected chi connectivity index (χ2v) is 9.02. The number of benzene rings is 2. The quantitative estimate of drug-likeness (QED) is 0.646. The maximum atomic E-state index is 12.5. The van der Waals surface area contributed by atoms with Crippen LogP contribution in [0.2, 0.25) is 0 Å². The van der Waals surface area contributed by atoms with Crippen molar-refractivity contribution in [2.45, 2.75) is 51.4 Å². The molecule has 0 aliphatic heterocycles. The van der Waals surface area contributed by atoms with Crippen molar-refractivity contribution in [3.63, 3.8) is 0 Å². The highest BCUT2D eigenvalue weighted by Crippen LogP contribution is 2.59. The van der Waals surface area contributed by atoms with E-state index in [1.165, 1.54) is 11.1 Å². The van der Waals surface area contributed by atoms with Crippen LogP contribution in [0.3, 0.4) is 0 Å². The molecule has 0 aromatic heterocycles. The molecule has 3 aliphatic rings. The molecule has 2 heteroatoms. The third kappa shape index (κ3) is 2.68. The van der Waals surface area contributed by atoms with Crippen LogP contribution in [0.5, 0.6) is 5.75 Å². The van der Waals surface area contributed by atoms with Crippen LogP contribution in [0.25, 0.3) is 0 Å². The number of carbonyl (C=O) groups is 1. The van der Waals surface area contributed by atoms with Crippen molar-refractivity contribution in [3.05, 3.63) is 64.7 Å². The van der Waals surface area contributed by atoms with Crippen molar-refractivity contribution >= 4 is 5.78 Å². The number of fused-ring (bicyclic) bond motifs is 5. The van der Waals surface area contributed by atoms with Crippen LogP contribution in [-0.4, -0.2) is 10.9 Å². The molecular weight excluding hydrogens is 344 g/mol. The molecule has 3 aliphatic carbocycles. The van der Waals surface area contributed by atoms with E-state index >= 15 is 0 Å². The van der Waals surface area contributed by atoms with E-state index in [1.54, 1.807) is 0 Å². The number of hydrogen-bond acceptors (Lipinski definition) is 2. The molecule has 2 saturated carbocycles. The smallest absolute Gasteiger partial charge is 0.139 e. The molecule has 0 bridgehead atoms. The lowest BCUT2D eigenvalue weighted by molar-refractivity contribution is -0.129. The Balaban J connectivity index is 1.50. The zero-order chi connectivity index (χ0) is 19.3. The van der Waals surface area contributed by atoms with Gasteiger partial charge in [0.05, 0.1) is 5.56 Å². The Morgan fingerprint density at radius 3 is 2.68 bits per heavy atom. The summed E-state index contributed by atoms with van der Waals surface area (Å²) in [6.45, 7) is 2.21. The lowest BCUT2D eigenvalue weighted by Crippen LogP contribution is -2.42. The van der Waals surface area contributed by atoms with Crippen molar-refractivity contribution in [2.75, 3.05) is 0 Å². The SMILES string of the molecule is C[C@@]12CC[C@@H]3c4cc(C#Cc5ccccc5)c(O)cc4CC[C@H]3[C@@H]1CCC2=O. The molecule has 2 aromatic rings. The van der Waals surface area contributed by atoms with Gasteiger partial charge in [0.25, 0.3) is 0 Å². The Morgan fingerprint density at radius 2 is 1.86 bits per heavy atom. The summed E-state index contributed by atoms with van der Waals surface area (Å²) in [6.07, 6.45) is 6.04. The van der Waals surface area contributed by atoms with Gasteiger partial charge in [0, 0.05) is 17.4 Å². The Bertz CT molecular complexity index is 994. The zero-order valence-electron chi connectivity index (χ0n) is 16.4. The predicted octanol–water partition coefficient (Wildman–Crippen LogP) is 5.22. The van der Waals surface area contributed by atoms with Gasteiger partial charge in [-0.1, -0.05) is 37.0 Å². The number of hydrogen-bond donors (Lipinski definition) is 1. The summed E-state index contributed by atoms with van der Waals surface area (Å²) in [6, 6.07) is 14.0. The molecule has 1 N–H and O–H groups in total. The first-order chi connectivity index (χ1) is 13.6. The molecule has 0 heterocycles. The molecule has 4 atom stereocenters. The second kappa shape index (κ2) is 6.52. The molecule has 0 spiro atoms. The van der Waals surface area contributed by atoms with E-state index in [0.29, 0.717) is 23.5 Å². The predicted molar refractivity (Wildman–Crippen MR) is 110 cm³/mol. The van der Waals surface area contributed by atoms with Crippen molar-refractivity contribution in [1.29, 1.82) is 0 Å². The van der Waals surface area contributed by atoms with Gasteiger partial charge < -0.3 is 5.11 Å². The monoisotopic (exact) mass is 370 g/mol. The van der Waals surface area contributed by atoms with E-state index in [0.717, 1.165) is 49.7 Å². The third-order valence-corrected chi connectivity index (χ3v) is 7.67. The average Bonchev–Trinajstić information content (AvgIpc) is 3.02. The van der Waals surface area contributed by atoms with Gasteiger partial charge in [-0.2, -0.15) is 0 Å². The first kappa shape index (κ1) is 17.6.